The average molecular weight is 380 g/mol. The summed E-state index contributed by atoms with van der Waals surface area (Å²) in [6.45, 7) is 6.05. The van der Waals surface area contributed by atoms with Crippen LogP contribution < -0.4 is 10.1 Å². The normalized spacial score (nSPS) is 17.2. The standard InChI is InChI=1S/C23H28N2O3/c1-16-13-21(28-3)10-11-22(16)23(27)19-5-4-12-25(15-19)14-18-6-8-20(9-7-18)24-17(2)26/h6-11,13,19H,4-5,12,14-15H2,1-3H3,(H,24,26)/t19-/m0/s1. The van der Waals surface area contributed by atoms with Gasteiger partial charge < -0.3 is 10.1 Å². The van der Waals surface area contributed by atoms with Gasteiger partial charge in [0.1, 0.15) is 5.75 Å². The summed E-state index contributed by atoms with van der Waals surface area (Å²) in [5.41, 5.74) is 3.75. The Morgan fingerprint density at radius 2 is 1.93 bits per heavy atom. The molecule has 2 aromatic carbocycles. The minimum Gasteiger partial charge on any atom is -0.497 e. The predicted octanol–water partition coefficient (Wildman–Crippen LogP) is 4.06. The molecule has 1 heterocycles. The van der Waals surface area contributed by atoms with E-state index >= 15 is 0 Å². The van der Waals surface area contributed by atoms with Crippen molar-refractivity contribution in [2.45, 2.75) is 33.2 Å². The molecule has 1 fully saturated rings. The molecule has 0 saturated carbocycles. The first kappa shape index (κ1) is 20.1. The Morgan fingerprint density at radius 1 is 1.18 bits per heavy atom. The van der Waals surface area contributed by atoms with Crippen molar-refractivity contribution in [1.29, 1.82) is 0 Å². The number of Topliss-reactive ketones (excluding diaryl/α,β-unsaturated/α-hetero) is 1. The van der Waals surface area contributed by atoms with Crippen molar-refractivity contribution in [3.63, 3.8) is 0 Å². The molecule has 0 radical (unpaired) electrons. The van der Waals surface area contributed by atoms with Gasteiger partial charge in [-0.25, -0.2) is 0 Å². The van der Waals surface area contributed by atoms with Crippen molar-refractivity contribution in [3.05, 3.63) is 59.2 Å². The zero-order chi connectivity index (χ0) is 20.1. The summed E-state index contributed by atoms with van der Waals surface area (Å²) in [4.78, 5) is 26.5. The molecule has 1 atom stereocenters. The smallest absolute Gasteiger partial charge is 0.221 e. The first-order valence-corrected chi connectivity index (χ1v) is 9.74. The van der Waals surface area contributed by atoms with E-state index in [1.807, 2.05) is 49.4 Å². The number of hydrogen-bond donors (Lipinski definition) is 1. The highest BCUT2D eigenvalue weighted by atomic mass is 16.5. The molecule has 5 nitrogen and oxygen atoms in total. The van der Waals surface area contributed by atoms with E-state index in [-0.39, 0.29) is 17.6 Å². The van der Waals surface area contributed by atoms with Crippen molar-refractivity contribution in [2.75, 3.05) is 25.5 Å². The maximum atomic E-state index is 13.1. The minimum atomic E-state index is -0.0704. The minimum absolute atomic E-state index is 0.0273. The van der Waals surface area contributed by atoms with Crippen LogP contribution in [0.4, 0.5) is 5.69 Å². The van der Waals surface area contributed by atoms with Crippen molar-refractivity contribution in [1.82, 2.24) is 4.90 Å². The van der Waals surface area contributed by atoms with Crippen LogP contribution in [0.15, 0.2) is 42.5 Å². The molecule has 0 aliphatic carbocycles. The molecule has 1 amide bonds. The second kappa shape index (κ2) is 9.02. The number of ether oxygens (including phenoxy) is 1. The third-order valence-corrected chi connectivity index (χ3v) is 5.26. The number of rotatable bonds is 6. The third kappa shape index (κ3) is 4.98. The van der Waals surface area contributed by atoms with Crippen molar-refractivity contribution < 1.29 is 14.3 Å². The van der Waals surface area contributed by atoms with Gasteiger partial charge >= 0.3 is 0 Å². The van der Waals surface area contributed by atoms with Crippen LogP contribution in [-0.2, 0) is 11.3 Å². The molecule has 0 aromatic heterocycles. The van der Waals surface area contributed by atoms with E-state index in [1.165, 1.54) is 12.5 Å². The number of ketones is 1. The van der Waals surface area contributed by atoms with Gasteiger partial charge in [-0.05, 0) is 67.8 Å². The van der Waals surface area contributed by atoms with E-state index in [2.05, 4.69) is 10.2 Å². The van der Waals surface area contributed by atoms with Crippen molar-refractivity contribution >= 4 is 17.4 Å². The predicted molar refractivity (Wildman–Crippen MR) is 111 cm³/mol. The summed E-state index contributed by atoms with van der Waals surface area (Å²) < 4.78 is 5.25. The molecule has 0 spiro atoms. The van der Waals surface area contributed by atoms with Crippen LogP contribution in [0.3, 0.4) is 0 Å². The molecule has 28 heavy (non-hydrogen) atoms. The molecule has 0 bridgehead atoms. The molecule has 3 rings (SSSR count). The molecule has 1 N–H and O–H groups in total. The first-order chi connectivity index (χ1) is 13.5. The van der Waals surface area contributed by atoms with E-state index in [4.69, 9.17) is 4.74 Å². The zero-order valence-corrected chi connectivity index (χ0v) is 16.8. The highest BCUT2D eigenvalue weighted by molar-refractivity contribution is 5.99. The Bertz CT molecular complexity index is 845. The molecule has 1 aliphatic rings. The number of benzene rings is 2. The van der Waals surface area contributed by atoms with Crippen LogP contribution in [0.2, 0.25) is 0 Å². The lowest BCUT2D eigenvalue weighted by Gasteiger charge is -2.32. The highest BCUT2D eigenvalue weighted by Gasteiger charge is 2.27. The number of anilines is 1. The number of nitrogens with one attached hydrogen (secondary N) is 1. The van der Waals surface area contributed by atoms with Gasteiger partial charge in [0.05, 0.1) is 7.11 Å². The second-order valence-electron chi connectivity index (χ2n) is 7.50. The molecule has 2 aromatic rings. The Hall–Kier alpha value is -2.66. The van der Waals surface area contributed by atoms with Crippen LogP contribution in [-0.4, -0.2) is 36.8 Å². The summed E-state index contributed by atoms with van der Waals surface area (Å²) in [7, 11) is 1.64. The molecular formula is C23H28N2O3. The zero-order valence-electron chi connectivity index (χ0n) is 16.8. The lowest BCUT2D eigenvalue weighted by molar-refractivity contribution is -0.114. The third-order valence-electron chi connectivity index (χ3n) is 5.26. The summed E-state index contributed by atoms with van der Waals surface area (Å²) in [5.74, 6) is 0.964. The van der Waals surface area contributed by atoms with Gasteiger partial charge in [-0.2, -0.15) is 0 Å². The molecule has 0 unspecified atom stereocenters. The Balaban J connectivity index is 1.63. The molecule has 5 heteroatoms. The summed E-state index contributed by atoms with van der Waals surface area (Å²) >= 11 is 0. The second-order valence-corrected chi connectivity index (χ2v) is 7.50. The number of hydrogen-bond acceptors (Lipinski definition) is 4. The van der Waals surface area contributed by atoms with E-state index in [0.717, 1.165) is 55.0 Å². The van der Waals surface area contributed by atoms with Crippen LogP contribution in [0.25, 0.3) is 0 Å². The molecule has 148 valence electrons. The van der Waals surface area contributed by atoms with Gasteiger partial charge in [0, 0.05) is 37.2 Å². The first-order valence-electron chi connectivity index (χ1n) is 9.74. The molecule has 1 saturated heterocycles. The molecule has 1 aliphatic heterocycles. The Labute approximate surface area is 166 Å². The highest BCUT2D eigenvalue weighted by Crippen LogP contribution is 2.26. The maximum absolute atomic E-state index is 13.1. The SMILES string of the molecule is COc1ccc(C(=O)[C@H]2CCCN(Cc3ccc(NC(C)=O)cc3)C2)c(C)c1. The number of carbonyl (C=O) groups excluding carboxylic acids is 2. The fourth-order valence-electron chi connectivity index (χ4n) is 3.83. The van der Waals surface area contributed by atoms with Crippen molar-refractivity contribution in [3.8, 4) is 5.75 Å². The van der Waals surface area contributed by atoms with E-state index < -0.39 is 0 Å². The van der Waals surface area contributed by atoms with Gasteiger partial charge in [-0.1, -0.05) is 12.1 Å². The van der Waals surface area contributed by atoms with Crippen molar-refractivity contribution in [2.24, 2.45) is 5.92 Å². The topological polar surface area (TPSA) is 58.6 Å². The lowest BCUT2D eigenvalue weighted by atomic mass is 9.88. The number of likely N-dealkylation sites (tertiary alicyclic amines) is 1. The maximum Gasteiger partial charge on any atom is 0.221 e. The summed E-state index contributed by atoms with van der Waals surface area (Å²) in [6.07, 6.45) is 1.96. The van der Waals surface area contributed by atoms with Gasteiger partial charge in [-0.3, -0.25) is 14.5 Å². The average Bonchev–Trinajstić information content (AvgIpc) is 2.68. The summed E-state index contributed by atoms with van der Waals surface area (Å²) in [5, 5.41) is 2.78. The van der Waals surface area contributed by atoms with Crippen LogP contribution in [0.5, 0.6) is 5.75 Å². The van der Waals surface area contributed by atoms with Gasteiger partial charge in [0.15, 0.2) is 5.78 Å². The largest absolute Gasteiger partial charge is 0.497 e. The summed E-state index contributed by atoms with van der Waals surface area (Å²) in [6, 6.07) is 13.6. The number of nitrogens with zero attached hydrogens (tertiary/aromatic N) is 1. The van der Waals surface area contributed by atoms with E-state index in [9.17, 15) is 9.59 Å². The fourth-order valence-corrected chi connectivity index (χ4v) is 3.83. The number of piperidine rings is 1. The number of methoxy groups -OCH3 is 1. The Kier molecular flexibility index (Phi) is 6.47. The van der Waals surface area contributed by atoms with Gasteiger partial charge in [0.2, 0.25) is 5.91 Å². The monoisotopic (exact) mass is 380 g/mol. The van der Waals surface area contributed by atoms with Crippen LogP contribution >= 0.6 is 0 Å². The van der Waals surface area contributed by atoms with E-state index in [0.29, 0.717) is 0 Å². The quantitative estimate of drug-likeness (QED) is 0.768. The lowest BCUT2D eigenvalue weighted by Crippen LogP contribution is -2.38. The molecular weight excluding hydrogens is 352 g/mol. The van der Waals surface area contributed by atoms with Crippen LogP contribution in [0.1, 0.15) is 41.3 Å². The fraction of sp³-hybridized carbons (Fsp3) is 0.391. The number of carbonyl (C=O) groups is 2. The van der Waals surface area contributed by atoms with E-state index in [1.54, 1.807) is 7.11 Å². The van der Waals surface area contributed by atoms with Gasteiger partial charge in [-0.15, -0.1) is 0 Å². The number of aryl methyl sites for hydroxylation is 1. The van der Waals surface area contributed by atoms with Crippen LogP contribution in [0, 0.1) is 12.8 Å². The Morgan fingerprint density at radius 3 is 2.57 bits per heavy atom. The number of amides is 1. The van der Waals surface area contributed by atoms with Gasteiger partial charge in [0.25, 0.3) is 0 Å².